The number of aromatic nitrogens is 1. The van der Waals surface area contributed by atoms with Gasteiger partial charge in [0.2, 0.25) is 5.91 Å². The topological polar surface area (TPSA) is 54.0 Å². The van der Waals surface area contributed by atoms with E-state index >= 15 is 0 Å². The van der Waals surface area contributed by atoms with Gasteiger partial charge in [0.1, 0.15) is 0 Å². The number of anilines is 1. The third-order valence-electron chi connectivity index (χ3n) is 3.03. The first-order chi connectivity index (χ1) is 8.24. The molecule has 1 aliphatic rings. The lowest BCUT2D eigenvalue weighted by Gasteiger charge is -2.22. The first-order valence-electron chi connectivity index (χ1n) is 6.16. The summed E-state index contributed by atoms with van der Waals surface area (Å²) in [5, 5.41) is 6.22. The molecule has 1 aliphatic heterocycles. The van der Waals surface area contributed by atoms with Crippen LogP contribution in [-0.2, 0) is 4.79 Å². The third-order valence-corrected chi connectivity index (χ3v) is 3.03. The van der Waals surface area contributed by atoms with Gasteiger partial charge in [0.25, 0.3) is 0 Å². The quantitative estimate of drug-likeness (QED) is 0.835. The van der Waals surface area contributed by atoms with E-state index in [1.54, 1.807) is 12.4 Å². The highest BCUT2D eigenvalue weighted by Gasteiger charge is 2.16. The predicted octanol–water partition coefficient (Wildman–Crippen LogP) is 1.72. The van der Waals surface area contributed by atoms with Crippen molar-refractivity contribution in [3.8, 4) is 0 Å². The van der Waals surface area contributed by atoms with Crippen LogP contribution in [0, 0.1) is 12.8 Å². The fourth-order valence-electron chi connectivity index (χ4n) is 2.20. The van der Waals surface area contributed by atoms with E-state index in [2.05, 4.69) is 15.6 Å². The van der Waals surface area contributed by atoms with E-state index in [4.69, 9.17) is 0 Å². The molecule has 17 heavy (non-hydrogen) atoms. The zero-order valence-corrected chi connectivity index (χ0v) is 10.2. The summed E-state index contributed by atoms with van der Waals surface area (Å²) in [5.41, 5.74) is 1.85. The lowest BCUT2D eigenvalue weighted by atomic mass is 9.96. The molecule has 0 bridgehead atoms. The average Bonchev–Trinajstić information content (AvgIpc) is 2.30. The zero-order valence-electron chi connectivity index (χ0n) is 10.2. The number of piperidine rings is 1. The highest BCUT2D eigenvalue weighted by Crippen LogP contribution is 2.15. The molecule has 0 aliphatic carbocycles. The molecule has 0 aromatic carbocycles. The minimum absolute atomic E-state index is 0.0890. The van der Waals surface area contributed by atoms with E-state index < -0.39 is 0 Å². The highest BCUT2D eigenvalue weighted by atomic mass is 16.1. The fourth-order valence-corrected chi connectivity index (χ4v) is 2.20. The Bertz CT molecular complexity index is 386. The summed E-state index contributed by atoms with van der Waals surface area (Å²) in [4.78, 5) is 15.9. The monoisotopic (exact) mass is 233 g/mol. The van der Waals surface area contributed by atoms with Crippen LogP contribution >= 0.6 is 0 Å². The van der Waals surface area contributed by atoms with Crippen molar-refractivity contribution in [2.24, 2.45) is 5.92 Å². The van der Waals surface area contributed by atoms with Gasteiger partial charge in [0, 0.05) is 12.6 Å². The molecular formula is C13H19N3O. The van der Waals surface area contributed by atoms with Crippen LogP contribution < -0.4 is 10.6 Å². The van der Waals surface area contributed by atoms with E-state index in [0.29, 0.717) is 12.3 Å². The molecule has 1 atom stereocenters. The second-order valence-electron chi connectivity index (χ2n) is 4.72. The Morgan fingerprint density at radius 2 is 2.47 bits per heavy atom. The maximum atomic E-state index is 11.8. The predicted molar refractivity (Wildman–Crippen MR) is 67.8 cm³/mol. The van der Waals surface area contributed by atoms with Crippen LogP contribution in [0.25, 0.3) is 0 Å². The maximum absolute atomic E-state index is 11.8. The van der Waals surface area contributed by atoms with Gasteiger partial charge in [-0.1, -0.05) is 0 Å². The number of carbonyl (C=O) groups is 1. The first kappa shape index (κ1) is 12.0. The SMILES string of the molecule is Cc1cncc(NC(=O)CC2CCCNC2)c1. The Balaban J connectivity index is 1.84. The van der Waals surface area contributed by atoms with Crippen LogP contribution in [0.3, 0.4) is 0 Å². The van der Waals surface area contributed by atoms with E-state index in [0.717, 1.165) is 30.8 Å². The molecule has 1 fully saturated rings. The number of aryl methyl sites for hydroxylation is 1. The molecule has 0 saturated carbocycles. The van der Waals surface area contributed by atoms with Crippen molar-refractivity contribution in [2.45, 2.75) is 26.2 Å². The molecule has 0 radical (unpaired) electrons. The van der Waals surface area contributed by atoms with Gasteiger partial charge in [-0.3, -0.25) is 9.78 Å². The molecule has 1 amide bonds. The van der Waals surface area contributed by atoms with E-state index in [9.17, 15) is 4.79 Å². The number of nitrogens with one attached hydrogen (secondary N) is 2. The van der Waals surface area contributed by atoms with Gasteiger partial charge in [0.15, 0.2) is 0 Å². The largest absolute Gasteiger partial charge is 0.325 e. The second kappa shape index (κ2) is 5.77. The molecule has 4 nitrogen and oxygen atoms in total. The zero-order chi connectivity index (χ0) is 12.1. The molecule has 2 N–H and O–H groups in total. The number of hydrogen-bond acceptors (Lipinski definition) is 3. The van der Waals surface area contributed by atoms with E-state index in [-0.39, 0.29) is 5.91 Å². The van der Waals surface area contributed by atoms with Crippen LogP contribution in [0.4, 0.5) is 5.69 Å². The minimum Gasteiger partial charge on any atom is -0.325 e. The van der Waals surface area contributed by atoms with Crippen molar-refractivity contribution in [3.05, 3.63) is 24.0 Å². The molecule has 1 aromatic rings. The number of amides is 1. The first-order valence-corrected chi connectivity index (χ1v) is 6.16. The fraction of sp³-hybridized carbons (Fsp3) is 0.538. The highest BCUT2D eigenvalue weighted by molar-refractivity contribution is 5.90. The minimum atomic E-state index is 0.0890. The molecule has 4 heteroatoms. The van der Waals surface area contributed by atoms with Gasteiger partial charge < -0.3 is 10.6 Å². The van der Waals surface area contributed by atoms with Gasteiger partial charge in [-0.15, -0.1) is 0 Å². The Kier molecular flexibility index (Phi) is 4.09. The number of rotatable bonds is 3. The van der Waals surface area contributed by atoms with Crippen molar-refractivity contribution in [2.75, 3.05) is 18.4 Å². The summed E-state index contributed by atoms with van der Waals surface area (Å²) in [6, 6.07) is 1.93. The van der Waals surface area contributed by atoms with Crippen molar-refractivity contribution in [1.82, 2.24) is 10.3 Å². The maximum Gasteiger partial charge on any atom is 0.224 e. The van der Waals surface area contributed by atoms with Crippen LogP contribution in [-0.4, -0.2) is 24.0 Å². The lowest BCUT2D eigenvalue weighted by molar-refractivity contribution is -0.117. The van der Waals surface area contributed by atoms with Crippen LogP contribution in [0.1, 0.15) is 24.8 Å². The summed E-state index contributed by atoms with van der Waals surface area (Å²) in [5.74, 6) is 0.563. The summed E-state index contributed by atoms with van der Waals surface area (Å²) < 4.78 is 0. The number of pyridine rings is 1. The molecule has 92 valence electrons. The Morgan fingerprint density at radius 1 is 1.59 bits per heavy atom. The Morgan fingerprint density at radius 3 is 3.18 bits per heavy atom. The molecule has 1 unspecified atom stereocenters. The summed E-state index contributed by atoms with van der Waals surface area (Å²) in [6.45, 7) is 4.01. The van der Waals surface area contributed by atoms with Crippen molar-refractivity contribution in [3.63, 3.8) is 0 Å². The number of nitrogens with zero attached hydrogens (tertiary/aromatic N) is 1. The summed E-state index contributed by atoms with van der Waals surface area (Å²) in [7, 11) is 0. The van der Waals surface area contributed by atoms with Crippen LogP contribution in [0.5, 0.6) is 0 Å². The number of hydrogen-bond donors (Lipinski definition) is 2. The van der Waals surface area contributed by atoms with Gasteiger partial charge in [0.05, 0.1) is 11.9 Å². The van der Waals surface area contributed by atoms with Gasteiger partial charge >= 0.3 is 0 Å². The van der Waals surface area contributed by atoms with Crippen molar-refractivity contribution < 1.29 is 4.79 Å². The van der Waals surface area contributed by atoms with Crippen LogP contribution in [0.2, 0.25) is 0 Å². The third kappa shape index (κ3) is 3.82. The molecule has 2 rings (SSSR count). The molecule has 2 heterocycles. The molecular weight excluding hydrogens is 214 g/mol. The lowest BCUT2D eigenvalue weighted by Crippen LogP contribution is -2.32. The van der Waals surface area contributed by atoms with Crippen LogP contribution in [0.15, 0.2) is 18.5 Å². The summed E-state index contributed by atoms with van der Waals surface area (Å²) in [6.07, 6.45) is 6.38. The number of carbonyl (C=O) groups excluding carboxylic acids is 1. The summed E-state index contributed by atoms with van der Waals surface area (Å²) >= 11 is 0. The normalized spacial score (nSPS) is 19.9. The van der Waals surface area contributed by atoms with Gasteiger partial charge in [-0.2, -0.15) is 0 Å². The molecule has 1 saturated heterocycles. The van der Waals surface area contributed by atoms with Crippen molar-refractivity contribution in [1.29, 1.82) is 0 Å². The standard InChI is InChI=1S/C13H19N3O/c1-10-5-12(9-15-7-10)16-13(17)6-11-3-2-4-14-8-11/h5,7,9,11,14H,2-4,6,8H2,1H3,(H,16,17). The Labute approximate surface area is 102 Å². The van der Waals surface area contributed by atoms with Gasteiger partial charge in [-0.25, -0.2) is 0 Å². The molecule has 1 aromatic heterocycles. The second-order valence-corrected chi connectivity index (χ2v) is 4.72. The van der Waals surface area contributed by atoms with Gasteiger partial charge in [-0.05, 0) is 50.4 Å². The van der Waals surface area contributed by atoms with E-state index in [1.165, 1.54) is 6.42 Å². The van der Waals surface area contributed by atoms with E-state index in [1.807, 2.05) is 13.0 Å². The smallest absolute Gasteiger partial charge is 0.224 e. The average molecular weight is 233 g/mol. The molecule has 0 spiro atoms. The van der Waals surface area contributed by atoms with Crippen molar-refractivity contribution >= 4 is 11.6 Å². The Hall–Kier alpha value is -1.42.